The smallest absolute Gasteiger partial charge is 0.295 e. The third-order valence-electron chi connectivity index (χ3n) is 5.94. The number of aliphatic hydroxyl groups is 1. The highest BCUT2D eigenvalue weighted by atomic mass is 16.6. The van der Waals surface area contributed by atoms with Crippen LogP contribution < -0.4 is 23.8 Å². The number of likely N-dealkylation sites (tertiary alicyclic amines) is 1. The number of carbonyl (C=O) groups is 2. The number of aliphatic hydroxyl groups excluding tert-OH is 1. The second kappa shape index (κ2) is 9.64. The second-order valence-electron chi connectivity index (χ2n) is 8.42. The minimum atomic E-state index is -0.849. The maximum absolute atomic E-state index is 13.3. The molecule has 2 aliphatic rings. The van der Waals surface area contributed by atoms with Crippen molar-refractivity contribution < 1.29 is 38.5 Å². The van der Waals surface area contributed by atoms with Crippen molar-refractivity contribution in [1.82, 2.24) is 4.90 Å². The van der Waals surface area contributed by atoms with Crippen molar-refractivity contribution >= 4 is 17.4 Å². The predicted octanol–water partition coefficient (Wildman–Crippen LogP) is 1.04. The summed E-state index contributed by atoms with van der Waals surface area (Å²) < 4.78 is 22.1. The molecule has 1 amide bonds. The Hall–Kier alpha value is -3.72. The van der Waals surface area contributed by atoms with E-state index in [2.05, 4.69) is 0 Å². The number of hydrogen-bond acceptors (Lipinski definition) is 7. The van der Waals surface area contributed by atoms with Gasteiger partial charge in [-0.3, -0.25) is 9.59 Å². The van der Waals surface area contributed by atoms with E-state index in [1.54, 1.807) is 36.4 Å². The summed E-state index contributed by atoms with van der Waals surface area (Å²) in [5, 5.41) is 11.3. The van der Waals surface area contributed by atoms with Gasteiger partial charge in [0.2, 0.25) is 0 Å². The monoisotopic (exact) mass is 469 g/mol. The molecular weight excluding hydrogens is 440 g/mol. The quantitative estimate of drug-likeness (QED) is 0.355. The third-order valence-corrected chi connectivity index (χ3v) is 5.94. The molecule has 2 aromatic rings. The minimum absolute atomic E-state index is 0.0120. The third kappa shape index (κ3) is 4.26. The normalized spacial score (nSPS) is 19.0. The van der Waals surface area contributed by atoms with E-state index < -0.39 is 17.7 Å². The van der Waals surface area contributed by atoms with Gasteiger partial charge in [0, 0.05) is 11.1 Å². The summed E-state index contributed by atoms with van der Waals surface area (Å²) in [6.45, 7) is 1.75. The second-order valence-corrected chi connectivity index (χ2v) is 8.42. The van der Waals surface area contributed by atoms with Gasteiger partial charge >= 0.3 is 0 Å². The highest BCUT2D eigenvalue weighted by Gasteiger charge is 2.47. The van der Waals surface area contributed by atoms with E-state index in [4.69, 9.17) is 18.9 Å². The van der Waals surface area contributed by atoms with Crippen LogP contribution in [-0.4, -0.2) is 76.3 Å². The van der Waals surface area contributed by atoms with Crippen LogP contribution in [0.25, 0.3) is 5.76 Å². The van der Waals surface area contributed by atoms with Gasteiger partial charge in [-0.1, -0.05) is 0 Å². The molecule has 2 heterocycles. The lowest BCUT2D eigenvalue weighted by atomic mass is 9.94. The average molecular weight is 470 g/mol. The first-order chi connectivity index (χ1) is 16.3. The van der Waals surface area contributed by atoms with Crippen molar-refractivity contribution in [3.63, 3.8) is 0 Å². The molecule has 2 N–H and O–H groups in total. The molecule has 0 aliphatic carbocycles. The summed E-state index contributed by atoms with van der Waals surface area (Å²) >= 11 is 0. The number of nitrogens with zero attached hydrogens (tertiary/aromatic N) is 1. The van der Waals surface area contributed by atoms with E-state index in [0.29, 0.717) is 60.4 Å². The van der Waals surface area contributed by atoms with Gasteiger partial charge in [0.1, 0.15) is 30.5 Å². The fraction of sp³-hybridized carbons (Fsp3) is 0.360. The maximum Gasteiger partial charge on any atom is 0.295 e. The number of carbonyl (C=O) groups excluding carboxylic acids is 2. The molecule has 1 atom stereocenters. The maximum atomic E-state index is 13.3. The zero-order valence-electron chi connectivity index (χ0n) is 19.7. The van der Waals surface area contributed by atoms with Crippen LogP contribution >= 0.6 is 0 Å². The lowest BCUT2D eigenvalue weighted by Gasteiger charge is -2.27. The lowest BCUT2D eigenvalue weighted by molar-refractivity contribution is -0.857. The highest BCUT2D eigenvalue weighted by Crippen LogP contribution is 2.44. The molecule has 2 aliphatic heterocycles. The molecule has 34 heavy (non-hydrogen) atoms. The zero-order chi connectivity index (χ0) is 24.4. The van der Waals surface area contributed by atoms with Crippen LogP contribution in [0.5, 0.6) is 23.0 Å². The molecule has 2 aromatic carbocycles. The Morgan fingerprint density at radius 2 is 1.79 bits per heavy atom. The fourth-order valence-electron chi connectivity index (χ4n) is 4.18. The number of quaternary nitrogens is 1. The minimum Gasteiger partial charge on any atom is -0.507 e. The molecule has 0 unspecified atom stereocenters. The Labute approximate surface area is 198 Å². The number of benzene rings is 2. The largest absolute Gasteiger partial charge is 0.507 e. The van der Waals surface area contributed by atoms with Crippen molar-refractivity contribution in [3.8, 4) is 23.0 Å². The molecule has 0 spiro atoms. The van der Waals surface area contributed by atoms with E-state index in [0.717, 1.165) is 4.90 Å². The molecule has 9 heteroatoms. The molecular formula is C25H29N2O7+. The number of ketones is 1. The molecule has 0 bridgehead atoms. The Bertz CT molecular complexity index is 1140. The van der Waals surface area contributed by atoms with Gasteiger partial charge in [0.15, 0.2) is 11.5 Å². The lowest BCUT2D eigenvalue weighted by Crippen LogP contribution is -3.06. The number of fused-ring (bicyclic) bond motifs is 1. The number of ether oxygens (including phenoxy) is 4. The predicted molar refractivity (Wildman–Crippen MR) is 124 cm³/mol. The first-order valence-electron chi connectivity index (χ1n) is 11.0. The van der Waals surface area contributed by atoms with Gasteiger partial charge in [-0.15, -0.1) is 0 Å². The van der Waals surface area contributed by atoms with Crippen LogP contribution in [0.15, 0.2) is 42.0 Å². The molecule has 4 rings (SSSR count). The van der Waals surface area contributed by atoms with Crippen molar-refractivity contribution in [2.24, 2.45) is 0 Å². The molecule has 0 radical (unpaired) electrons. The number of methoxy groups -OCH3 is 2. The van der Waals surface area contributed by atoms with Crippen LogP contribution in [0.3, 0.4) is 0 Å². The van der Waals surface area contributed by atoms with Crippen LogP contribution in [0.1, 0.15) is 17.2 Å². The Morgan fingerprint density at radius 1 is 1.06 bits per heavy atom. The number of nitrogens with one attached hydrogen (secondary N) is 1. The van der Waals surface area contributed by atoms with Crippen molar-refractivity contribution in [2.45, 2.75) is 6.04 Å². The summed E-state index contributed by atoms with van der Waals surface area (Å²) in [6, 6.07) is 9.26. The van der Waals surface area contributed by atoms with Crippen LogP contribution in [0, 0.1) is 0 Å². The first kappa shape index (κ1) is 23.4. The summed E-state index contributed by atoms with van der Waals surface area (Å²) in [7, 11) is 6.98. The van der Waals surface area contributed by atoms with Gasteiger partial charge in [-0.05, 0) is 36.4 Å². The summed E-state index contributed by atoms with van der Waals surface area (Å²) in [5.74, 6) is 0.331. The van der Waals surface area contributed by atoms with E-state index in [-0.39, 0.29) is 11.3 Å². The summed E-state index contributed by atoms with van der Waals surface area (Å²) in [4.78, 5) is 29.0. The molecule has 0 aromatic heterocycles. The molecule has 1 saturated heterocycles. The molecule has 180 valence electrons. The van der Waals surface area contributed by atoms with Gasteiger partial charge in [-0.2, -0.15) is 0 Å². The van der Waals surface area contributed by atoms with Crippen LogP contribution in [-0.2, 0) is 9.59 Å². The number of Topliss-reactive ketones (excluding diaryl/α,β-unsaturated/α-hetero) is 1. The number of amides is 1. The van der Waals surface area contributed by atoms with Gasteiger partial charge in [-0.25, -0.2) is 0 Å². The fourth-order valence-corrected chi connectivity index (χ4v) is 4.18. The molecule has 9 nitrogen and oxygen atoms in total. The van der Waals surface area contributed by atoms with Gasteiger partial charge < -0.3 is 33.9 Å². The number of likely N-dealkylation sites (N-methyl/N-ethyl adjacent to an activating group) is 1. The SMILES string of the molecule is COc1ccc(OC)c([C@@H]2C(=C(O)c3ccc4c(c3)OCCO4)C(=O)C(=O)N2CC[NH+](C)C)c1. The summed E-state index contributed by atoms with van der Waals surface area (Å²) in [6.07, 6.45) is 0. The summed E-state index contributed by atoms with van der Waals surface area (Å²) in [5.41, 5.74) is 0.892. The van der Waals surface area contributed by atoms with Crippen molar-refractivity contribution in [1.29, 1.82) is 0 Å². The van der Waals surface area contributed by atoms with Crippen LogP contribution in [0.4, 0.5) is 0 Å². The first-order valence-corrected chi connectivity index (χ1v) is 11.0. The highest BCUT2D eigenvalue weighted by molar-refractivity contribution is 6.46. The van der Waals surface area contributed by atoms with E-state index >= 15 is 0 Å². The Morgan fingerprint density at radius 3 is 2.47 bits per heavy atom. The zero-order valence-corrected chi connectivity index (χ0v) is 19.7. The standard InChI is InChI=1S/C25H28N2O7/c1-26(2)9-10-27-22(17-14-16(31-3)6-8-18(17)32-4)21(24(29)25(27)30)23(28)15-5-7-19-20(13-15)34-12-11-33-19/h5-8,13-14,22,28H,9-12H2,1-4H3/p+1/t22-/m1/s1. The van der Waals surface area contributed by atoms with Crippen molar-refractivity contribution in [2.75, 3.05) is 54.6 Å². The topological polar surface area (TPSA) is 99.0 Å². The van der Waals surface area contributed by atoms with Crippen LogP contribution in [0.2, 0.25) is 0 Å². The Kier molecular flexibility index (Phi) is 6.65. The van der Waals surface area contributed by atoms with E-state index in [9.17, 15) is 14.7 Å². The average Bonchev–Trinajstić information content (AvgIpc) is 3.10. The molecule has 0 saturated carbocycles. The number of hydrogen-bond donors (Lipinski definition) is 2. The van der Waals surface area contributed by atoms with E-state index in [1.807, 2.05) is 14.1 Å². The van der Waals surface area contributed by atoms with Gasteiger partial charge in [0.05, 0.1) is 53.0 Å². The molecule has 1 fully saturated rings. The number of rotatable bonds is 7. The van der Waals surface area contributed by atoms with Crippen molar-refractivity contribution in [3.05, 3.63) is 53.1 Å². The van der Waals surface area contributed by atoms with Gasteiger partial charge in [0.25, 0.3) is 11.7 Å². The Balaban J connectivity index is 1.89. The van der Waals surface area contributed by atoms with E-state index in [1.165, 1.54) is 19.1 Å².